The molecule has 0 saturated carbocycles. The number of aromatic nitrogens is 1. The SMILES string of the molecule is COCc1cc(-c2ccc(C(=O)N(C)CCN(C)C)nc2)ccc1OCC1CCN(C(=O)OC(C)(C)C)CC1. The van der Waals surface area contributed by atoms with Crippen LogP contribution in [0.4, 0.5) is 4.79 Å². The van der Waals surface area contributed by atoms with Gasteiger partial charge < -0.3 is 28.9 Å². The third-order valence-corrected chi connectivity index (χ3v) is 6.65. The summed E-state index contributed by atoms with van der Waals surface area (Å²) in [5.74, 6) is 1.06. The molecule has 0 unspecified atom stereocenters. The van der Waals surface area contributed by atoms with Gasteiger partial charge in [-0.1, -0.05) is 12.1 Å². The first-order valence-electron chi connectivity index (χ1n) is 13.6. The number of likely N-dealkylation sites (N-methyl/N-ethyl adjacent to an activating group) is 2. The number of benzene rings is 1. The predicted molar refractivity (Wildman–Crippen MR) is 152 cm³/mol. The fourth-order valence-corrected chi connectivity index (χ4v) is 4.32. The molecule has 0 aliphatic carbocycles. The summed E-state index contributed by atoms with van der Waals surface area (Å²) in [6.45, 7) is 9.42. The number of amides is 2. The zero-order chi connectivity index (χ0) is 28.6. The van der Waals surface area contributed by atoms with Crippen LogP contribution in [0.25, 0.3) is 11.1 Å². The molecule has 214 valence electrons. The van der Waals surface area contributed by atoms with Gasteiger partial charge in [-0.05, 0) is 77.4 Å². The van der Waals surface area contributed by atoms with E-state index in [1.165, 1.54) is 0 Å². The molecule has 1 aliphatic rings. The van der Waals surface area contributed by atoms with Gasteiger partial charge in [0.25, 0.3) is 5.91 Å². The van der Waals surface area contributed by atoms with Gasteiger partial charge in [0.15, 0.2) is 0 Å². The average Bonchev–Trinajstić information content (AvgIpc) is 2.90. The topological polar surface area (TPSA) is 84.4 Å². The van der Waals surface area contributed by atoms with E-state index in [9.17, 15) is 9.59 Å². The molecule has 39 heavy (non-hydrogen) atoms. The van der Waals surface area contributed by atoms with Crippen LogP contribution in [0.1, 0.15) is 49.7 Å². The second-order valence-corrected chi connectivity index (χ2v) is 11.4. The van der Waals surface area contributed by atoms with Crippen LogP contribution in [0.3, 0.4) is 0 Å². The number of methoxy groups -OCH3 is 1. The van der Waals surface area contributed by atoms with Crippen molar-refractivity contribution in [2.75, 3.05) is 61.0 Å². The number of ether oxygens (including phenoxy) is 3. The summed E-state index contributed by atoms with van der Waals surface area (Å²) >= 11 is 0. The molecule has 1 aromatic heterocycles. The van der Waals surface area contributed by atoms with Crippen LogP contribution >= 0.6 is 0 Å². The Labute approximate surface area is 233 Å². The molecule has 9 nitrogen and oxygen atoms in total. The molecule has 0 spiro atoms. The van der Waals surface area contributed by atoms with E-state index in [-0.39, 0.29) is 12.0 Å². The van der Waals surface area contributed by atoms with E-state index in [1.807, 2.05) is 64.0 Å². The number of rotatable bonds is 10. The maximum absolute atomic E-state index is 12.7. The Balaban J connectivity index is 1.59. The molecule has 2 aromatic rings. The highest BCUT2D eigenvalue weighted by molar-refractivity contribution is 5.92. The normalized spacial score (nSPS) is 14.4. The Bertz CT molecular complexity index is 1090. The van der Waals surface area contributed by atoms with Crippen molar-refractivity contribution in [3.8, 4) is 16.9 Å². The number of carbonyl (C=O) groups is 2. The first-order chi connectivity index (χ1) is 18.5. The third-order valence-electron chi connectivity index (χ3n) is 6.65. The summed E-state index contributed by atoms with van der Waals surface area (Å²) in [5.41, 5.74) is 2.78. The summed E-state index contributed by atoms with van der Waals surface area (Å²) in [6.07, 6.45) is 3.23. The number of nitrogens with zero attached hydrogens (tertiary/aromatic N) is 4. The summed E-state index contributed by atoms with van der Waals surface area (Å²) in [7, 11) is 7.42. The van der Waals surface area contributed by atoms with Crippen LogP contribution in [-0.4, -0.2) is 98.3 Å². The van der Waals surface area contributed by atoms with E-state index in [0.717, 1.165) is 41.8 Å². The van der Waals surface area contributed by atoms with E-state index in [4.69, 9.17) is 14.2 Å². The van der Waals surface area contributed by atoms with Crippen molar-refractivity contribution in [1.29, 1.82) is 0 Å². The van der Waals surface area contributed by atoms with Crippen molar-refractivity contribution in [2.45, 2.75) is 45.8 Å². The standard InChI is InChI=1S/C30H44N4O5/c1-30(2,3)39-29(36)34-14-12-22(13-15-34)20-38-27-11-9-23(18-25(27)21-37-7)24-8-10-26(31-19-24)28(35)33(6)17-16-32(4)5/h8-11,18-19,22H,12-17,20-21H2,1-7H3. The van der Waals surface area contributed by atoms with Crippen molar-refractivity contribution >= 4 is 12.0 Å². The minimum Gasteiger partial charge on any atom is -0.493 e. The molecule has 2 heterocycles. The van der Waals surface area contributed by atoms with Crippen molar-refractivity contribution in [3.63, 3.8) is 0 Å². The molecule has 1 saturated heterocycles. The second-order valence-electron chi connectivity index (χ2n) is 11.4. The molecule has 1 fully saturated rings. The zero-order valence-electron chi connectivity index (χ0n) is 24.5. The van der Waals surface area contributed by atoms with Gasteiger partial charge in [0, 0.05) is 57.7 Å². The Hall–Kier alpha value is -3.17. The predicted octanol–water partition coefficient (Wildman–Crippen LogP) is 4.55. The molecule has 0 atom stereocenters. The van der Waals surface area contributed by atoms with Crippen LogP contribution in [-0.2, 0) is 16.1 Å². The number of likely N-dealkylation sites (tertiary alicyclic amines) is 1. The largest absolute Gasteiger partial charge is 0.493 e. The van der Waals surface area contributed by atoms with Crippen molar-refractivity contribution < 1.29 is 23.8 Å². The molecular weight excluding hydrogens is 496 g/mol. The molecule has 0 radical (unpaired) electrons. The van der Waals surface area contributed by atoms with Crippen LogP contribution in [0, 0.1) is 5.92 Å². The lowest BCUT2D eigenvalue weighted by molar-refractivity contribution is 0.0164. The average molecular weight is 541 g/mol. The van der Waals surface area contributed by atoms with Gasteiger partial charge in [0.05, 0.1) is 13.2 Å². The fourth-order valence-electron chi connectivity index (χ4n) is 4.32. The Morgan fingerprint density at radius 2 is 1.72 bits per heavy atom. The van der Waals surface area contributed by atoms with E-state index in [1.54, 1.807) is 36.2 Å². The summed E-state index contributed by atoms with van der Waals surface area (Å²) in [5, 5.41) is 0. The summed E-state index contributed by atoms with van der Waals surface area (Å²) < 4.78 is 17.2. The number of piperidine rings is 1. The molecule has 3 rings (SSSR count). The lowest BCUT2D eigenvalue weighted by Crippen LogP contribution is -2.42. The zero-order valence-corrected chi connectivity index (χ0v) is 24.5. The maximum Gasteiger partial charge on any atom is 0.410 e. The third kappa shape index (κ3) is 9.21. The summed E-state index contributed by atoms with van der Waals surface area (Å²) in [6, 6.07) is 9.71. The van der Waals surface area contributed by atoms with Gasteiger partial charge in [0.1, 0.15) is 17.0 Å². The van der Waals surface area contributed by atoms with E-state index in [0.29, 0.717) is 44.5 Å². The van der Waals surface area contributed by atoms with E-state index in [2.05, 4.69) is 4.98 Å². The van der Waals surface area contributed by atoms with Crippen LogP contribution < -0.4 is 4.74 Å². The van der Waals surface area contributed by atoms with E-state index >= 15 is 0 Å². The molecule has 0 bridgehead atoms. The first kappa shape index (κ1) is 30.4. The quantitative estimate of drug-likeness (QED) is 0.437. The van der Waals surface area contributed by atoms with Gasteiger partial charge in [-0.2, -0.15) is 0 Å². The maximum atomic E-state index is 12.7. The van der Waals surface area contributed by atoms with Gasteiger partial charge in [0.2, 0.25) is 0 Å². The van der Waals surface area contributed by atoms with Crippen LogP contribution in [0.5, 0.6) is 5.75 Å². The van der Waals surface area contributed by atoms with Crippen LogP contribution in [0.2, 0.25) is 0 Å². The lowest BCUT2D eigenvalue weighted by Gasteiger charge is -2.33. The van der Waals surface area contributed by atoms with Gasteiger partial charge >= 0.3 is 6.09 Å². The fraction of sp³-hybridized carbons (Fsp3) is 0.567. The van der Waals surface area contributed by atoms with Crippen molar-refractivity contribution in [3.05, 3.63) is 47.8 Å². The lowest BCUT2D eigenvalue weighted by atomic mass is 9.98. The number of carbonyl (C=O) groups excluding carboxylic acids is 2. The number of pyridine rings is 1. The van der Waals surface area contributed by atoms with Crippen molar-refractivity contribution in [1.82, 2.24) is 19.7 Å². The highest BCUT2D eigenvalue weighted by Crippen LogP contribution is 2.29. The molecule has 1 aliphatic heterocycles. The van der Waals surface area contributed by atoms with Crippen LogP contribution in [0.15, 0.2) is 36.5 Å². The molecule has 0 N–H and O–H groups in total. The highest BCUT2D eigenvalue weighted by atomic mass is 16.6. The first-order valence-corrected chi connectivity index (χ1v) is 13.6. The second kappa shape index (κ2) is 13.8. The van der Waals surface area contributed by atoms with E-state index < -0.39 is 5.60 Å². The molecule has 1 aromatic carbocycles. The minimum atomic E-state index is -0.487. The Morgan fingerprint density at radius 3 is 2.31 bits per heavy atom. The van der Waals surface area contributed by atoms with Gasteiger partial charge in [-0.3, -0.25) is 9.78 Å². The molecule has 9 heteroatoms. The Kier molecular flexibility index (Phi) is 10.7. The van der Waals surface area contributed by atoms with Crippen molar-refractivity contribution in [2.24, 2.45) is 5.92 Å². The van der Waals surface area contributed by atoms with Gasteiger partial charge in [-0.25, -0.2) is 4.79 Å². The minimum absolute atomic E-state index is 0.0934. The molecular formula is C30H44N4O5. The highest BCUT2D eigenvalue weighted by Gasteiger charge is 2.27. The smallest absolute Gasteiger partial charge is 0.410 e. The molecule has 2 amide bonds. The Morgan fingerprint density at radius 1 is 1.03 bits per heavy atom. The monoisotopic (exact) mass is 540 g/mol. The number of hydrogen-bond acceptors (Lipinski definition) is 7. The number of hydrogen-bond donors (Lipinski definition) is 0. The summed E-state index contributed by atoms with van der Waals surface area (Å²) in [4.78, 5) is 35.0. The van der Waals surface area contributed by atoms with Gasteiger partial charge in [-0.15, -0.1) is 0 Å².